The van der Waals surface area contributed by atoms with Gasteiger partial charge < -0.3 is 4.74 Å². The first-order chi connectivity index (χ1) is 16.3. The largest absolute Gasteiger partial charge is 0.489 e. The van der Waals surface area contributed by atoms with Crippen LogP contribution in [0.4, 0.5) is 0 Å². The summed E-state index contributed by atoms with van der Waals surface area (Å²) < 4.78 is 6.00. The Bertz CT molecular complexity index is 1290. The quantitative estimate of drug-likeness (QED) is 0.272. The number of rotatable bonds is 6. The van der Waals surface area contributed by atoms with Crippen molar-refractivity contribution in [2.45, 2.75) is 6.61 Å². The van der Waals surface area contributed by atoms with Gasteiger partial charge in [-0.25, -0.2) is 0 Å². The monoisotopic (exact) mass is 548 g/mol. The van der Waals surface area contributed by atoms with Crippen LogP contribution in [0.5, 0.6) is 5.75 Å². The number of carbonyl (C=O) groups is 2. The standard InChI is InChI=1S/C24H15Cl3N2O3S2/c25-18-5-2-1-4-16(18)22(30)28-29-23(31)21(34-24(29)33)12-14-8-10-15(11-9-14)32-13-17-19(26)6-3-7-20(17)27/h1-12H,13H2,(H,28,30)/b21-12-. The van der Waals surface area contributed by atoms with Crippen molar-refractivity contribution in [2.24, 2.45) is 0 Å². The number of thiocarbonyl (C=S) groups is 1. The summed E-state index contributed by atoms with van der Waals surface area (Å²) in [6, 6.07) is 19.0. The Morgan fingerprint density at radius 1 is 0.971 bits per heavy atom. The number of nitrogens with zero attached hydrogens (tertiary/aromatic N) is 1. The van der Waals surface area contributed by atoms with E-state index >= 15 is 0 Å². The van der Waals surface area contributed by atoms with Crippen molar-refractivity contribution in [1.29, 1.82) is 0 Å². The molecular weight excluding hydrogens is 535 g/mol. The van der Waals surface area contributed by atoms with E-state index < -0.39 is 11.8 Å². The Morgan fingerprint density at radius 2 is 1.62 bits per heavy atom. The van der Waals surface area contributed by atoms with Crippen molar-refractivity contribution in [2.75, 3.05) is 0 Å². The molecule has 0 aliphatic carbocycles. The molecule has 0 spiro atoms. The summed E-state index contributed by atoms with van der Waals surface area (Å²) in [7, 11) is 0. The zero-order valence-corrected chi connectivity index (χ0v) is 21.2. The lowest BCUT2D eigenvalue weighted by Gasteiger charge is -2.16. The fourth-order valence-corrected chi connectivity index (χ4v) is 4.92. The number of nitrogens with one attached hydrogen (secondary N) is 1. The third-order valence-corrected chi connectivity index (χ3v) is 7.09. The van der Waals surface area contributed by atoms with Crippen molar-refractivity contribution in [3.63, 3.8) is 0 Å². The molecule has 0 bridgehead atoms. The second-order valence-corrected chi connectivity index (χ2v) is 9.89. The van der Waals surface area contributed by atoms with Gasteiger partial charge in [-0.2, -0.15) is 5.01 Å². The Hall–Kier alpha value is -2.55. The topological polar surface area (TPSA) is 58.6 Å². The Labute approximate surface area is 220 Å². The molecule has 3 aromatic rings. The van der Waals surface area contributed by atoms with Gasteiger partial charge in [0.2, 0.25) is 0 Å². The lowest BCUT2D eigenvalue weighted by Crippen LogP contribution is -2.44. The minimum Gasteiger partial charge on any atom is -0.489 e. The summed E-state index contributed by atoms with van der Waals surface area (Å²) in [5, 5.41) is 2.39. The lowest BCUT2D eigenvalue weighted by molar-refractivity contribution is -0.123. The highest BCUT2D eigenvalue weighted by atomic mass is 35.5. The molecule has 0 saturated carbocycles. The molecule has 1 aliphatic heterocycles. The van der Waals surface area contributed by atoms with Gasteiger partial charge in [0.05, 0.1) is 15.5 Å². The molecule has 4 rings (SSSR count). The van der Waals surface area contributed by atoms with Crippen molar-refractivity contribution in [3.05, 3.63) is 103 Å². The maximum absolute atomic E-state index is 12.8. The van der Waals surface area contributed by atoms with Gasteiger partial charge in [0.15, 0.2) is 4.32 Å². The number of carbonyl (C=O) groups excluding carboxylic acids is 2. The molecule has 1 aliphatic rings. The van der Waals surface area contributed by atoms with Crippen LogP contribution in [-0.4, -0.2) is 21.1 Å². The van der Waals surface area contributed by atoms with Crippen LogP contribution in [0.15, 0.2) is 71.6 Å². The molecule has 0 aromatic heterocycles. The average Bonchev–Trinajstić information content (AvgIpc) is 3.07. The van der Waals surface area contributed by atoms with Crippen LogP contribution in [-0.2, 0) is 11.4 Å². The molecule has 172 valence electrons. The van der Waals surface area contributed by atoms with Crippen LogP contribution in [0.25, 0.3) is 6.08 Å². The summed E-state index contributed by atoms with van der Waals surface area (Å²) in [6.07, 6.45) is 1.69. The van der Waals surface area contributed by atoms with Crippen molar-refractivity contribution in [1.82, 2.24) is 10.4 Å². The highest BCUT2D eigenvalue weighted by Crippen LogP contribution is 2.32. The molecule has 2 amide bonds. The first-order valence-corrected chi connectivity index (χ1v) is 12.2. The number of hydrogen-bond donors (Lipinski definition) is 1. The summed E-state index contributed by atoms with van der Waals surface area (Å²) in [6.45, 7) is 0.224. The van der Waals surface area contributed by atoms with Crippen LogP contribution in [0.1, 0.15) is 21.5 Å². The predicted octanol–water partition coefficient (Wildman–Crippen LogP) is 6.77. The van der Waals surface area contributed by atoms with E-state index in [1.54, 1.807) is 72.8 Å². The molecule has 0 atom stereocenters. The van der Waals surface area contributed by atoms with E-state index in [1.165, 1.54) is 0 Å². The molecular formula is C24H15Cl3N2O3S2. The molecule has 1 fully saturated rings. The zero-order chi connectivity index (χ0) is 24.2. The molecule has 1 heterocycles. The van der Waals surface area contributed by atoms with Crippen LogP contribution in [0.2, 0.25) is 15.1 Å². The van der Waals surface area contributed by atoms with Crippen LogP contribution in [0, 0.1) is 0 Å². The molecule has 34 heavy (non-hydrogen) atoms. The maximum Gasteiger partial charge on any atom is 0.285 e. The highest BCUT2D eigenvalue weighted by Gasteiger charge is 2.34. The van der Waals surface area contributed by atoms with Gasteiger partial charge in [-0.1, -0.05) is 76.9 Å². The van der Waals surface area contributed by atoms with Gasteiger partial charge in [-0.15, -0.1) is 0 Å². The second-order valence-electron chi connectivity index (χ2n) is 7.00. The molecule has 3 aromatic carbocycles. The van der Waals surface area contributed by atoms with E-state index in [9.17, 15) is 9.59 Å². The minimum atomic E-state index is -0.525. The van der Waals surface area contributed by atoms with Gasteiger partial charge in [0, 0.05) is 15.6 Å². The van der Waals surface area contributed by atoms with E-state index in [1.807, 2.05) is 0 Å². The van der Waals surface area contributed by atoms with E-state index in [-0.39, 0.29) is 21.5 Å². The SMILES string of the molecule is O=C(NN1C(=O)/C(=C/c2ccc(OCc3c(Cl)cccc3Cl)cc2)SC1=S)c1ccccc1Cl. The van der Waals surface area contributed by atoms with Crippen LogP contribution >= 0.6 is 58.8 Å². The normalized spacial score (nSPS) is 14.6. The van der Waals surface area contributed by atoms with Gasteiger partial charge in [0.1, 0.15) is 12.4 Å². The molecule has 0 unspecified atom stereocenters. The minimum absolute atomic E-state index is 0.216. The van der Waals surface area contributed by atoms with Gasteiger partial charge in [-0.05, 0) is 60.3 Å². The van der Waals surface area contributed by atoms with E-state index in [0.29, 0.717) is 26.3 Å². The maximum atomic E-state index is 12.8. The number of amides is 2. The van der Waals surface area contributed by atoms with Crippen LogP contribution in [0.3, 0.4) is 0 Å². The average molecular weight is 550 g/mol. The van der Waals surface area contributed by atoms with E-state index in [2.05, 4.69) is 5.43 Å². The Balaban J connectivity index is 1.42. The summed E-state index contributed by atoms with van der Waals surface area (Å²) in [4.78, 5) is 25.7. The molecule has 10 heteroatoms. The Morgan fingerprint density at radius 3 is 2.29 bits per heavy atom. The predicted molar refractivity (Wildman–Crippen MR) is 141 cm³/mol. The number of benzene rings is 3. The van der Waals surface area contributed by atoms with Gasteiger partial charge in [-0.3, -0.25) is 15.0 Å². The van der Waals surface area contributed by atoms with Crippen molar-refractivity contribution >= 4 is 81.0 Å². The lowest BCUT2D eigenvalue weighted by atomic mass is 10.2. The van der Waals surface area contributed by atoms with Gasteiger partial charge >= 0.3 is 0 Å². The fraction of sp³-hybridized carbons (Fsp3) is 0.0417. The number of ether oxygens (including phenoxy) is 1. The first-order valence-electron chi connectivity index (χ1n) is 9.82. The summed E-state index contributed by atoms with van der Waals surface area (Å²) in [5.74, 6) is -0.333. The van der Waals surface area contributed by atoms with E-state index in [0.717, 1.165) is 22.3 Å². The third-order valence-electron chi connectivity index (χ3n) is 4.75. The zero-order valence-electron chi connectivity index (χ0n) is 17.3. The Kier molecular flexibility index (Phi) is 7.80. The molecule has 0 radical (unpaired) electrons. The molecule has 5 nitrogen and oxygen atoms in total. The van der Waals surface area contributed by atoms with Crippen molar-refractivity contribution < 1.29 is 14.3 Å². The third kappa shape index (κ3) is 5.56. The number of thioether (sulfide) groups is 1. The van der Waals surface area contributed by atoms with E-state index in [4.69, 9.17) is 51.8 Å². The fourth-order valence-electron chi connectivity index (χ4n) is 3.01. The number of hydrogen-bond acceptors (Lipinski definition) is 5. The van der Waals surface area contributed by atoms with Crippen molar-refractivity contribution in [3.8, 4) is 5.75 Å². The summed E-state index contributed by atoms with van der Waals surface area (Å²) in [5.41, 5.74) is 4.23. The smallest absolute Gasteiger partial charge is 0.285 e. The van der Waals surface area contributed by atoms with Gasteiger partial charge in [0.25, 0.3) is 11.8 Å². The van der Waals surface area contributed by atoms with Crippen LogP contribution < -0.4 is 10.2 Å². The molecule has 1 saturated heterocycles. The second kappa shape index (κ2) is 10.8. The molecule has 1 N–H and O–H groups in total. The number of hydrazine groups is 1. The summed E-state index contributed by atoms with van der Waals surface area (Å²) >= 11 is 24.8. The number of halogens is 3. The highest BCUT2D eigenvalue weighted by molar-refractivity contribution is 8.26. The first kappa shape index (κ1) is 24.6.